The third-order valence-electron chi connectivity index (χ3n) is 4.86. The summed E-state index contributed by atoms with van der Waals surface area (Å²) < 4.78 is 16.1. The van der Waals surface area contributed by atoms with Gasteiger partial charge in [0.1, 0.15) is 11.4 Å². The van der Waals surface area contributed by atoms with Crippen molar-refractivity contribution < 1.29 is 23.8 Å². The van der Waals surface area contributed by atoms with E-state index in [9.17, 15) is 9.59 Å². The molecule has 0 radical (unpaired) electrons. The van der Waals surface area contributed by atoms with Crippen molar-refractivity contribution in [2.45, 2.75) is 38.2 Å². The number of rotatable bonds is 5. The quantitative estimate of drug-likeness (QED) is 0.719. The number of hydrogen-bond acceptors (Lipinski definition) is 6. The highest BCUT2D eigenvalue weighted by molar-refractivity contribution is 6.05. The maximum Gasteiger partial charge on any atom is 0.355 e. The van der Waals surface area contributed by atoms with Crippen molar-refractivity contribution in [3.8, 4) is 5.75 Å². The lowest BCUT2D eigenvalue weighted by Gasteiger charge is -2.28. The van der Waals surface area contributed by atoms with Gasteiger partial charge in [-0.05, 0) is 50.0 Å². The number of ether oxygens (including phenoxy) is 3. The predicted molar refractivity (Wildman–Crippen MR) is 106 cm³/mol. The fourth-order valence-electron chi connectivity index (χ4n) is 3.47. The molecular weight excluding hydrogens is 358 g/mol. The van der Waals surface area contributed by atoms with E-state index in [1.54, 1.807) is 29.3 Å². The molecule has 0 spiro atoms. The second-order valence-corrected chi connectivity index (χ2v) is 6.66. The molecule has 1 aliphatic carbocycles. The van der Waals surface area contributed by atoms with Gasteiger partial charge in [-0.1, -0.05) is 24.6 Å². The monoisotopic (exact) mass is 383 g/mol. The standard InChI is InChI=1S/C22H25NO5/c1-26-21(24)17-12-8-9-15-23(20(17)22(25)27-2)18-13-6-7-14-19(18)28-16-10-4-3-5-11-16/h6-9,12-16H,3-5,10-11H2,1-2H3. The topological polar surface area (TPSA) is 65.1 Å². The van der Waals surface area contributed by atoms with E-state index in [2.05, 4.69) is 0 Å². The minimum absolute atomic E-state index is 0.0824. The summed E-state index contributed by atoms with van der Waals surface area (Å²) in [6.45, 7) is 0. The summed E-state index contributed by atoms with van der Waals surface area (Å²) in [5, 5.41) is 0. The third-order valence-corrected chi connectivity index (χ3v) is 4.86. The van der Waals surface area contributed by atoms with E-state index in [0.29, 0.717) is 11.4 Å². The fourth-order valence-corrected chi connectivity index (χ4v) is 3.47. The third kappa shape index (κ3) is 4.27. The van der Waals surface area contributed by atoms with Gasteiger partial charge in [-0.15, -0.1) is 0 Å². The van der Waals surface area contributed by atoms with Gasteiger partial charge in [-0.2, -0.15) is 0 Å². The van der Waals surface area contributed by atoms with Crippen molar-refractivity contribution in [1.29, 1.82) is 0 Å². The summed E-state index contributed by atoms with van der Waals surface area (Å²) in [5.41, 5.74) is 0.862. The molecule has 0 atom stereocenters. The van der Waals surface area contributed by atoms with Crippen LogP contribution in [0.1, 0.15) is 32.1 Å². The zero-order valence-electron chi connectivity index (χ0n) is 16.2. The molecule has 0 aromatic heterocycles. The van der Waals surface area contributed by atoms with E-state index in [-0.39, 0.29) is 17.4 Å². The van der Waals surface area contributed by atoms with Crippen LogP contribution in [0.4, 0.5) is 5.69 Å². The second kappa shape index (κ2) is 9.26. The normalized spacial score (nSPS) is 17.3. The summed E-state index contributed by atoms with van der Waals surface area (Å²) in [6.07, 6.45) is 12.4. The van der Waals surface area contributed by atoms with E-state index in [0.717, 1.165) is 25.7 Å². The van der Waals surface area contributed by atoms with Crippen LogP contribution in [0.3, 0.4) is 0 Å². The predicted octanol–water partition coefficient (Wildman–Crippen LogP) is 3.89. The van der Waals surface area contributed by atoms with Crippen molar-refractivity contribution in [1.82, 2.24) is 0 Å². The zero-order valence-corrected chi connectivity index (χ0v) is 16.2. The molecule has 0 amide bonds. The Morgan fingerprint density at radius 2 is 1.68 bits per heavy atom. The summed E-state index contributed by atoms with van der Waals surface area (Å²) in [6, 6.07) is 7.49. The molecule has 0 saturated heterocycles. The van der Waals surface area contributed by atoms with Crippen molar-refractivity contribution in [3.05, 3.63) is 60.0 Å². The number of methoxy groups -OCH3 is 2. The van der Waals surface area contributed by atoms with Crippen molar-refractivity contribution >= 4 is 17.6 Å². The molecular formula is C22H25NO5. The Kier molecular flexibility index (Phi) is 6.53. The lowest BCUT2D eigenvalue weighted by Crippen LogP contribution is -2.28. The van der Waals surface area contributed by atoms with Gasteiger partial charge in [0, 0.05) is 6.20 Å². The Bertz CT molecular complexity index is 818. The highest BCUT2D eigenvalue weighted by Crippen LogP contribution is 2.35. The first-order chi connectivity index (χ1) is 13.7. The maximum absolute atomic E-state index is 12.6. The summed E-state index contributed by atoms with van der Waals surface area (Å²) in [5.74, 6) is -0.591. The lowest BCUT2D eigenvalue weighted by atomic mass is 9.98. The Balaban J connectivity index is 2.05. The summed E-state index contributed by atoms with van der Waals surface area (Å²) in [4.78, 5) is 26.5. The molecule has 6 nitrogen and oxygen atoms in total. The van der Waals surface area contributed by atoms with E-state index in [1.165, 1.54) is 20.6 Å². The summed E-state index contributed by atoms with van der Waals surface area (Å²) in [7, 11) is 2.56. The summed E-state index contributed by atoms with van der Waals surface area (Å²) >= 11 is 0. The maximum atomic E-state index is 12.6. The van der Waals surface area contributed by atoms with Gasteiger partial charge >= 0.3 is 11.9 Å². The minimum Gasteiger partial charge on any atom is -0.488 e. The Labute approximate surface area is 165 Å². The lowest BCUT2D eigenvalue weighted by molar-refractivity contribution is -0.139. The average Bonchev–Trinajstić information content (AvgIpc) is 2.96. The molecule has 1 aliphatic heterocycles. The van der Waals surface area contributed by atoms with Gasteiger partial charge in [0.15, 0.2) is 0 Å². The van der Waals surface area contributed by atoms with Gasteiger partial charge in [-0.25, -0.2) is 9.59 Å². The molecule has 1 heterocycles. The van der Waals surface area contributed by atoms with Gasteiger partial charge in [0.05, 0.1) is 31.6 Å². The number of carbonyl (C=O) groups excluding carboxylic acids is 2. The number of para-hydroxylation sites is 2. The fraction of sp³-hybridized carbons (Fsp3) is 0.364. The van der Waals surface area contributed by atoms with Crippen LogP contribution in [0.2, 0.25) is 0 Å². The molecule has 1 saturated carbocycles. The van der Waals surface area contributed by atoms with E-state index in [1.807, 2.05) is 24.3 Å². The first kappa shape index (κ1) is 19.7. The SMILES string of the molecule is COC(=O)C1=C(C(=O)OC)N(c2ccccc2OC2CCCCC2)C=CC=C1. The number of allylic oxidation sites excluding steroid dienone is 2. The Hall–Kier alpha value is -3.02. The largest absolute Gasteiger partial charge is 0.488 e. The van der Waals surface area contributed by atoms with Gasteiger partial charge in [0.25, 0.3) is 0 Å². The van der Waals surface area contributed by atoms with Crippen molar-refractivity contribution in [3.63, 3.8) is 0 Å². The number of esters is 2. The van der Waals surface area contributed by atoms with E-state index >= 15 is 0 Å². The molecule has 1 fully saturated rings. The number of carbonyl (C=O) groups is 2. The molecule has 2 aliphatic rings. The van der Waals surface area contributed by atoms with Gasteiger partial charge in [-0.3, -0.25) is 0 Å². The number of anilines is 1. The highest BCUT2D eigenvalue weighted by atomic mass is 16.5. The molecule has 0 unspecified atom stereocenters. The smallest absolute Gasteiger partial charge is 0.355 e. The van der Waals surface area contributed by atoms with Crippen LogP contribution < -0.4 is 9.64 Å². The van der Waals surface area contributed by atoms with Crippen LogP contribution in [-0.2, 0) is 19.1 Å². The first-order valence-corrected chi connectivity index (χ1v) is 9.46. The molecule has 148 valence electrons. The molecule has 0 bridgehead atoms. The van der Waals surface area contributed by atoms with Crippen LogP contribution in [0.25, 0.3) is 0 Å². The zero-order chi connectivity index (χ0) is 19.9. The molecule has 1 aromatic carbocycles. The van der Waals surface area contributed by atoms with Crippen LogP contribution in [-0.4, -0.2) is 32.3 Å². The van der Waals surface area contributed by atoms with Crippen LogP contribution in [0.15, 0.2) is 60.0 Å². The number of hydrogen-bond donors (Lipinski definition) is 0. The second-order valence-electron chi connectivity index (χ2n) is 6.66. The van der Waals surface area contributed by atoms with Gasteiger partial charge in [0.2, 0.25) is 0 Å². The molecule has 1 aromatic rings. The average molecular weight is 383 g/mol. The Morgan fingerprint density at radius 3 is 2.39 bits per heavy atom. The van der Waals surface area contributed by atoms with Gasteiger partial charge < -0.3 is 19.1 Å². The first-order valence-electron chi connectivity index (χ1n) is 9.46. The van der Waals surface area contributed by atoms with E-state index in [4.69, 9.17) is 14.2 Å². The highest BCUT2D eigenvalue weighted by Gasteiger charge is 2.29. The minimum atomic E-state index is -0.635. The molecule has 6 heteroatoms. The molecule has 3 rings (SSSR count). The molecule has 0 N–H and O–H groups in total. The van der Waals surface area contributed by atoms with Crippen LogP contribution in [0, 0.1) is 0 Å². The van der Waals surface area contributed by atoms with Crippen molar-refractivity contribution in [2.24, 2.45) is 0 Å². The van der Waals surface area contributed by atoms with E-state index < -0.39 is 11.9 Å². The van der Waals surface area contributed by atoms with Crippen molar-refractivity contribution in [2.75, 3.05) is 19.1 Å². The van der Waals surface area contributed by atoms with Crippen LogP contribution in [0.5, 0.6) is 5.75 Å². The van der Waals surface area contributed by atoms with Crippen LogP contribution >= 0.6 is 0 Å². The Morgan fingerprint density at radius 1 is 0.964 bits per heavy atom. The number of benzene rings is 1. The molecule has 28 heavy (non-hydrogen) atoms. The number of nitrogens with zero attached hydrogens (tertiary/aromatic N) is 1.